The van der Waals surface area contributed by atoms with Crippen LogP contribution in [0.5, 0.6) is 0 Å². The molecule has 94 valence electrons. The molecule has 1 rings (SSSR count). The second kappa shape index (κ2) is 5.04. The number of hydrogen-bond donors (Lipinski definition) is 1. The van der Waals surface area contributed by atoms with Gasteiger partial charge in [-0.2, -0.15) is 0 Å². The Bertz CT molecular complexity index is 247. The normalized spacial score (nSPS) is 26.7. The summed E-state index contributed by atoms with van der Waals surface area (Å²) in [6.07, 6.45) is 1.64. The van der Waals surface area contributed by atoms with E-state index < -0.39 is 5.60 Å². The van der Waals surface area contributed by atoms with Gasteiger partial charge in [0.15, 0.2) is 0 Å². The third-order valence-electron chi connectivity index (χ3n) is 2.79. The monoisotopic (exact) mass is 229 g/mol. The van der Waals surface area contributed by atoms with E-state index in [1.807, 2.05) is 27.7 Å². The number of hydrogen-bond acceptors (Lipinski definition) is 3. The van der Waals surface area contributed by atoms with Crippen LogP contribution in [0.15, 0.2) is 0 Å². The molecule has 0 saturated carbocycles. The second-order valence-corrected chi connectivity index (χ2v) is 5.41. The molecule has 4 heteroatoms. The van der Waals surface area contributed by atoms with Gasteiger partial charge >= 0.3 is 6.09 Å². The summed E-state index contributed by atoms with van der Waals surface area (Å²) in [7, 11) is 0. The largest absolute Gasteiger partial charge is 0.444 e. The first kappa shape index (κ1) is 13.3. The van der Waals surface area contributed by atoms with Crippen molar-refractivity contribution in [1.82, 2.24) is 4.90 Å². The van der Waals surface area contributed by atoms with E-state index in [9.17, 15) is 9.90 Å². The standard InChI is InChI=1S/C12H23NO3/c1-5-9-8-10(14)6-7-13(9)11(15)16-12(2,3)4/h9-10,14H,5-8H2,1-4H3/t9-,10-/m1/s1. The first-order chi connectivity index (χ1) is 7.33. The molecular weight excluding hydrogens is 206 g/mol. The number of ether oxygens (including phenoxy) is 1. The molecule has 0 aromatic carbocycles. The van der Waals surface area contributed by atoms with E-state index in [-0.39, 0.29) is 18.2 Å². The van der Waals surface area contributed by atoms with Gasteiger partial charge in [-0.1, -0.05) is 6.92 Å². The van der Waals surface area contributed by atoms with Crippen molar-refractivity contribution in [1.29, 1.82) is 0 Å². The van der Waals surface area contributed by atoms with Crippen LogP contribution in [0.4, 0.5) is 4.79 Å². The summed E-state index contributed by atoms with van der Waals surface area (Å²) in [6.45, 7) is 8.22. The van der Waals surface area contributed by atoms with Gasteiger partial charge in [0.05, 0.1) is 6.10 Å². The Morgan fingerprint density at radius 1 is 1.50 bits per heavy atom. The molecule has 1 amide bonds. The van der Waals surface area contributed by atoms with E-state index in [2.05, 4.69) is 0 Å². The molecule has 0 aromatic rings. The minimum absolute atomic E-state index is 0.110. The third-order valence-corrected chi connectivity index (χ3v) is 2.79. The maximum absolute atomic E-state index is 11.9. The molecule has 2 atom stereocenters. The summed E-state index contributed by atoms with van der Waals surface area (Å²) < 4.78 is 5.35. The van der Waals surface area contributed by atoms with Crippen LogP contribution < -0.4 is 0 Å². The molecule has 1 aliphatic heterocycles. The lowest BCUT2D eigenvalue weighted by atomic mass is 9.98. The highest BCUT2D eigenvalue weighted by Gasteiger charge is 2.32. The Morgan fingerprint density at radius 3 is 2.62 bits per heavy atom. The van der Waals surface area contributed by atoms with Gasteiger partial charge < -0.3 is 14.7 Å². The van der Waals surface area contributed by atoms with Crippen molar-refractivity contribution in [2.75, 3.05) is 6.54 Å². The van der Waals surface area contributed by atoms with Gasteiger partial charge in [-0.3, -0.25) is 0 Å². The van der Waals surface area contributed by atoms with Crippen LogP contribution in [0.1, 0.15) is 47.0 Å². The molecule has 1 saturated heterocycles. The summed E-state index contributed by atoms with van der Waals surface area (Å²) in [5, 5.41) is 9.56. The molecule has 1 heterocycles. The van der Waals surface area contributed by atoms with Crippen LogP contribution in [0, 0.1) is 0 Å². The number of aliphatic hydroxyl groups is 1. The first-order valence-electron chi connectivity index (χ1n) is 6.01. The van der Waals surface area contributed by atoms with E-state index in [0.717, 1.165) is 6.42 Å². The number of carbonyl (C=O) groups is 1. The highest BCUT2D eigenvalue weighted by atomic mass is 16.6. The average molecular weight is 229 g/mol. The fourth-order valence-corrected chi connectivity index (χ4v) is 1.98. The molecule has 0 bridgehead atoms. The average Bonchev–Trinajstić information content (AvgIpc) is 2.14. The quantitative estimate of drug-likeness (QED) is 0.749. The van der Waals surface area contributed by atoms with Gasteiger partial charge in [0.25, 0.3) is 0 Å². The summed E-state index contributed by atoms with van der Waals surface area (Å²) in [5.74, 6) is 0. The first-order valence-corrected chi connectivity index (χ1v) is 6.01. The van der Waals surface area contributed by atoms with Gasteiger partial charge in [0, 0.05) is 12.6 Å². The molecule has 16 heavy (non-hydrogen) atoms. The number of nitrogens with zero attached hydrogens (tertiary/aromatic N) is 1. The highest BCUT2D eigenvalue weighted by Crippen LogP contribution is 2.22. The van der Waals surface area contributed by atoms with E-state index >= 15 is 0 Å². The lowest BCUT2D eigenvalue weighted by Gasteiger charge is -2.38. The maximum atomic E-state index is 11.9. The summed E-state index contributed by atoms with van der Waals surface area (Å²) in [5.41, 5.74) is -0.453. The molecule has 0 aromatic heterocycles. The zero-order chi connectivity index (χ0) is 12.3. The lowest BCUT2D eigenvalue weighted by molar-refractivity contribution is -0.00840. The van der Waals surface area contributed by atoms with E-state index in [1.165, 1.54) is 0 Å². The SMILES string of the molecule is CC[C@@H]1C[C@H](O)CCN1C(=O)OC(C)(C)C. The van der Waals surface area contributed by atoms with Crippen molar-refractivity contribution < 1.29 is 14.6 Å². The number of aliphatic hydroxyl groups excluding tert-OH is 1. The van der Waals surface area contributed by atoms with Crippen LogP contribution in [-0.4, -0.2) is 40.4 Å². The molecular formula is C12H23NO3. The van der Waals surface area contributed by atoms with Crippen LogP contribution in [-0.2, 0) is 4.74 Å². The van der Waals surface area contributed by atoms with Crippen molar-refractivity contribution in [3.63, 3.8) is 0 Å². The van der Waals surface area contributed by atoms with Crippen LogP contribution in [0.2, 0.25) is 0 Å². The Kier molecular flexibility index (Phi) is 4.19. The van der Waals surface area contributed by atoms with Gasteiger partial charge in [0.1, 0.15) is 5.60 Å². The molecule has 1 N–H and O–H groups in total. The van der Waals surface area contributed by atoms with Crippen molar-refractivity contribution in [2.45, 2.75) is 64.7 Å². The molecule has 0 unspecified atom stereocenters. The van der Waals surface area contributed by atoms with E-state index in [1.54, 1.807) is 4.90 Å². The van der Waals surface area contributed by atoms with Crippen molar-refractivity contribution in [3.8, 4) is 0 Å². The number of piperidine rings is 1. The Morgan fingerprint density at radius 2 is 2.12 bits per heavy atom. The summed E-state index contributed by atoms with van der Waals surface area (Å²) in [4.78, 5) is 13.7. The zero-order valence-electron chi connectivity index (χ0n) is 10.7. The van der Waals surface area contributed by atoms with Crippen LogP contribution >= 0.6 is 0 Å². The van der Waals surface area contributed by atoms with Gasteiger partial charge in [-0.15, -0.1) is 0 Å². The smallest absolute Gasteiger partial charge is 0.410 e. The Balaban J connectivity index is 2.60. The fraction of sp³-hybridized carbons (Fsp3) is 0.917. The number of carbonyl (C=O) groups excluding carboxylic acids is 1. The summed E-state index contributed by atoms with van der Waals surface area (Å²) >= 11 is 0. The molecule has 4 nitrogen and oxygen atoms in total. The third kappa shape index (κ3) is 3.67. The number of amides is 1. The fourth-order valence-electron chi connectivity index (χ4n) is 1.98. The van der Waals surface area contributed by atoms with E-state index in [0.29, 0.717) is 19.4 Å². The van der Waals surface area contributed by atoms with Crippen LogP contribution in [0.3, 0.4) is 0 Å². The van der Waals surface area contributed by atoms with Gasteiger partial charge in [0.2, 0.25) is 0 Å². The predicted octanol–water partition coefficient (Wildman–Crippen LogP) is 2.16. The van der Waals surface area contributed by atoms with Crippen LogP contribution in [0.25, 0.3) is 0 Å². The van der Waals surface area contributed by atoms with Crippen molar-refractivity contribution in [2.24, 2.45) is 0 Å². The molecule has 0 spiro atoms. The highest BCUT2D eigenvalue weighted by molar-refractivity contribution is 5.68. The second-order valence-electron chi connectivity index (χ2n) is 5.41. The molecule has 1 aliphatic rings. The van der Waals surface area contributed by atoms with Crippen molar-refractivity contribution >= 4 is 6.09 Å². The Hall–Kier alpha value is -0.770. The molecule has 0 radical (unpaired) electrons. The molecule has 1 fully saturated rings. The zero-order valence-corrected chi connectivity index (χ0v) is 10.7. The van der Waals surface area contributed by atoms with Gasteiger partial charge in [-0.25, -0.2) is 4.79 Å². The predicted molar refractivity (Wildman–Crippen MR) is 62.3 cm³/mol. The lowest BCUT2D eigenvalue weighted by Crippen LogP contribution is -2.49. The minimum atomic E-state index is -0.453. The van der Waals surface area contributed by atoms with Crippen molar-refractivity contribution in [3.05, 3.63) is 0 Å². The van der Waals surface area contributed by atoms with Gasteiger partial charge in [-0.05, 0) is 40.0 Å². The maximum Gasteiger partial charge on any atom is 0.410 e. The minimum Gasteiger partial charge on any atom is -0.444 e. The summed E-state index contributed by atoms with van der Waals surface area (Å²) in [6, 6.07) is 0.110. The van der Waals surface area contributed by atoms with E-state index in [4.69, 9.17) is 4.74 Å². The number of rotatable bonds is 1. The molecule has 0 aliphatic carbocycles. The topological polar surface area (TPSA) is 49.8 Å². The Labute approximate surface area is 97.6 Å². The number of likely N-dealkylation sites (tertiary alicyclic amines) is 1.